The van der Waals surface area contributed by atoms with Crippen LogP contribution in [0.5, 0.6) is 11.5 Å². The lowest BCUT2D eigenvalue weighted by Crippen LogP contribution is -2.27. The zero-order valence-electron chi connectivity index (χ0n) is 17.8. The van der Waals surface area contributed by atoms with E-state index in [1.54, 1.807) is 18.2 Å². The molecule has 0 aliphatic rings. The number of carbonyl (C=O) groups excluding carboxylic acids is 1. The summed E-state index contributed by atoms with van der Waals surface area (Å²) in [6, 6.07) is 15.1. The molecule has 0 unspecified atom stereocenters. The van der Waals surface area contributed by atoms with Crippen LogP contribution in [0, 0.1) is 11.3 Å². The molecule has 0 aromatic heterocycles. The van der Waals surface area contributed by atoms with Crippen molar-refractivity contribution in [2.45, 2.75) is 33.2 Å². The molecule has 0 saturated heterocycles. The lowest BCUT2D eigenvalue weighted by molar-refractivity contribution is -0.117. The van der Waals surface area contributed by atoms with Crippen LogP contribution in [-0.2, 0) is 11.2 Å². The first-order valence-electron chi connectivity index (χ1n) is 10.0. The SMILES string of the molecule is C=CCc1cc(/C=C(/C#N)C(=O)N[C@@H](C)c2ccccc2)cc(OCC)c1OCC. The molecule has 30 heavy (non-hydrogen) atoms. The van der Waals surface area contributed by atoms with Gasteiger partial charge in [-0.25, -0.2) is 0 Å². The molecule has 5 heteroatoms. The number of ether oxygens (including phenoxy) is 2. The van der Waals surface area contributed by atoms with Gasteiger partial charge in [-0.15, -0.1) is 6.58 Å². The van der Waals surface area contributed by atoms with Crippen LogP contribution in [0.1, 0.15) is 43.5 Å². The van der Waals surface area contributed by atoms with Crippen molar-refractivity contribution in [3.8, 4) is 17.6 Å². The molecule has 156 valence electrons. The fraction of sp³-hybridized carbons (Fsp3) is 0.280. The Bertz CT molecular complexity index is 943. The van der Waals surface area contributed by atoms with Crippen molar-refractivity contribution in [3.63, 3.8) is 0 Å². The zero-order chi connectivity index (χ0) is 21.9. The van der Waals surface area contributed by atoms with Crippen LogP contribution >= 0.6 is 0 Å². The molecule has 0 radical (unpaired) electrons. The summed E-state index contributed by atoms with van der Waals surface area (Å²) in [4.78, 5) is 12.7. The molecule has 1 amide bonds. The molecule has 0 fully saturated rings. The van der Waals surface area contributed by atoms with Crippen molar-refractivity contribution in [3.05, 3.63) is 77.4 Å². The topological polar surface area (TPSA) is 71.4 Å². The monoisotopic (exact) mass is 404 g/mol. The summed E-state index contributed by atoms with van der Waals surface area (Å²) in [5, 5.41) is 12.5. The van der Waals surface area contributed by atoms with Crippen LogP contribution < -0.4 is 14.8 Å². The zero-order valence-corrected chi connectivity index (χ0v) is 17.8. The standard InChI is InChI=1S/C25H28N2O3/c1-5-11-21-14-19(16-23(29-6-2)24(21)30-7-3)15-22(17-26)25(28)27-18(4)20-12-9-8-10-13-20/h5,8-10,12-16,18H,1,6-7,11H2,2-4H3,(H,27,28)/b22-15-/t18-/m0/s1. The van der Waals surface area contributed by atoms with E-state index < -0.39 is 5.91 Å². The highest BCUT2D eigenvalue weighted by Gasteiger charge is 2.16. The van der Waals surface area contributed by atoms with Crippen LogP contribution in [0.15, 0.2) is 60.7 Å². The summed E-state index contributed by atoms with van der Waals surface area (Å²) in [5.74, 6) is 0.823. The Morgan fingerprint density at radius 1 is 1.20 bits per heavy atom. The first kappa shape index (κ1) is 22.8. The van der Waals surface area contributed by atoms with Crippen LogP contribution in [-0.4, -0.2) is 19.1 Å². The van der Waals surface area contributed by atoms with E-state index in [9.17, 15) is 10.1 Å². The molecule has 1 atom stereocenters. The van der Waals surface area contributed by atoms with Crippen molar-refractivity contribution in [2.75, 3.05) is 13.2 Å². The van der Waals surface area contributed by atoms with E-state index in [2.05, 4.69) is 11.9 Å². The summed E-state index contributed by atoms with van der Waals surface area (Å²) in [6.45, 7) is 10.5. The van der Waals surface area contributed by atoms with Gasteiger partial charge < -0.3 is 14.8 Å². The van der Waals surface area contributed by atoms with E-state index in [1.165, 1.54) is 0 Å². The molecule has 2 aromatic carbocycles. The average molecular weight is 405 g/mol. The number of rotatable bonds is 10. The van der Waals surface area contributed by atoms with Crippen LogP contribution in [0.2, 0.25) is 0 Å². The van der Waals surface area contributed by atoms with Crippen molar-refractivity contribution in [1.82, 2.24) is 5.32 Å². The Hall–Kier alpha value is -3.52. The third-order valence-corrected chi connectivity index (χ3v) is 4.43. The third-order valence-electron chi connectivity index (χ3n) is 4.43. The Morgan fingerprint density at radius 3 is 2.50 bits per heavy atom. The van der Waals surface area contributed by atoms with Gasteiger partial charge in [-0.2, -0.15) is 5.26 Å². The molecule has 0 aliphatic carbocycles. The summed E-state index contributed by atoms with van der Waals surface area (Å²) in [5.41, 5.74) is 2.57. The number of nitrogens with zero attached hydrogens (tertiary/aromatic N) is 1. The van der Waals surface area contributed by atoms with Crippen molar-refractivity contribution >= 4 is 12.0 Å². The maximum atomic E-state index is 12.7. The quantitative estimate of drug-likeness (QED) is 0.344. The van der Waals surface area contributed by atoms with E-state index in [-0.39, 0.29) is 11.6 Å². The number of amides is 1. The predicted octanol–water partition coefficient (Wildman–Crippen LogP) is 5.00. The van der Waals surface area contributed by atoms with E-state index in [0.717, 1.165) is 11.1 Å². The molecule has 2 aromatic rings. The molecule has 5 nitrogen and oxygen atoms in total. The fourth-order valence-corrected chi connectivity index (χ4v) is 3.06. The maximum Gasteiger partial charge on any atom is 0.262 e. The molecule has 2 rings (SSSR count). The summed E-state index contributed by atoms with van der Waals surface area (Å²) in [7, 11) is 0. The van der Waals surface area contributed by atoms with Crippen molar-refractivity contribution in [1.29, 1.82) is 5.26 Å². The van der Waals surface area contributed by atoms with Crippen molar-refractivity contribution in [2.24, 2.45) is 0 Å². The van der Waals surface area contributed by atoms with Crippen LogP contribution in [0.25, 0.3) is 6.08 Å². The fourth-order valence-electron chi connectivity index (χ4n) is 3.06. The number of allylic oxidation sites excluding steroid dienone is 1. The molecular formula is C25H28N2O3. The van der Waals surface area contributed by atoms with Gasteiger partial charge in [0.2, 0.25) is 0 Å². The van der Waals surface area contributed by atoms with Gasteiger partial charge in [0.1, 0.15) is 11.6 Å². The number of nitriles is 1. The molecule has 0 heterocycles. The van der Waals surface area contributed by atoms with Gasteiger partial charge in [-0.05, 0) is 56.5 Å². The molecule has 0 bridgehead atoms. The Balaban J connectivity index is 2.36. The summed E-state index contributed by atoms with van der Waals surface area (Å²) >= 11 is 0. The largest absolute Gasteiger partial charge is 0.490 e. The predicted molar refractivity (Wildman–Crippen MR) is 119 cm³/mol. The van der Waals surface area contributed by atoms with E-state index >= 15 is 0 Å². The van der Waals surface area contributed by atoms with Crippen LogP contribution in [0.3, 0.4) is 0 Å². The minimum Gasteiger partial charge on any atom is -0.490 e. The number of hydrogen-bond donors (Lipinski definition) is 1. The van der Waals surface area contributed by atoms with Gasteiger partial charge in [0, 0.05) is 5.56 Å². The minimum absolute atomic E-state index is 0.0222. The summed E-state index contributed by atoms with van der Waals surface area (Å²) in [6.07, 6.45) is 3.93. The molecule has 0 aliphatic heterocycles. The normalized spacial score (nSPS) is 11.9. The van der Waals surface area contributed by atoms with Gasteiger partial charge in [-0.1, -0.05) is 36.4 Å². The number of hydrogen-bond acceptors (Lipinski definition) is 4. The molecule has 0 saturated carbocycles. The lowest BCUT2D eigenvalue weighted by atomic mass is 10.0. The third kappa shape index (κ3) is 5.99. The maximum absolute atomic E-state index is 12.7. The number of nitrogens with one attached hydrogen (secondary N) is 1. The second-order valence-electron chi connectivity index (χ2n) is 6.64. The highest BCUT2D eigenvalue weighted by molar-refractivity contribution is 6.02. The highest BCUT2D eigenvalue weighted by atomic mass is 16.5. The Morgan fingerprint density at radius 2 is 1.90 bits per heavy atom. The smallest absolute Gasteiger partial charge is 0.262 e. The second-order valence-corrected chi connectivity index (χ2v) is 6.64. The first-order valence-corrected chi connectivity index (χ1v) is 10.0. The lowest BCUT2D eigenvalue weighted by Gasteiger charge is -2.16. The highest BCUT2D eigenvalue weighted by Crippen LogP contribution is 2.34. The first-order chi connectivity index (χ1) is 14.5. The number of benzene rings is 2. The second kappa shape index (κ2) is 11.5. The van der Waals surface area contributed by atoms with E-state index in [0.29, 0.717) is 36.7 Å². The average Bonchev–Trinajstić information content (AvgIpc) is 2.75. The van der Waals surface area contributed by atoms with E-state index in [1.807, 2.05) is 63.2 Å². The molecular weight excluding hydrogens is 376 g/mol. The Kier molecular flexibility index (Phi) is 8.71. The van der Waals surface area contributed by atoms with Gasteiger partial charge in [0.15, 0.2) is 11.5 Å². The summed E-state index contributed by atoms with van der Waals surface area (Å²) < 4.78 is 11.5. The van der Waals surface area contributed by atoms with Gasteiger partial charge in [0.05, 0.1) is 19.3 Å². The van der Waals surface area contributed by atoms with Crippen LogP contribution in [0.4, 0.5) is 0 Å². The Labute approximate surface area is 178 Å². The number of carbonyl (C=O) groups is 1. The van der Waals surface area contributed by atoms with Gasteiger partial charge >= 0.3 is 0 Å². The van der Waals surface area contributed by atoms with E-state index in [4.69, 9.17) is 9.47 Å². The molecule has 0 spiro atoms. The van der Waals surface area contributed by atoms with Gasteiger partial charge in [-0.3, -0.25) is 4.79 Å². The molecule has 1 N–H and O–H groups in total. The minimum atomic E-state index is -0.425. The van der Waals surface area contributed by atoms with Gasteiger partial charge in [0.25, 0.3) is 5.91 Å². The van der Waals surface area contributed by atoms with Crippen molar-refractivity contribution < 1.29 is 14.3 Å².